The van der Waals surface area contributed by atoms with Crippen LogP contribution in [0.3, 0.4) is 0 Å². The van der Waals surface area contributed by atoms with Crippen LogP contribution in [0.2, 0.25) is 10.0 Å². The van der Waals surface area contributed by atoms with Crippen LogP contribution in [0, 0.1) is 0 Å². The first kappa shape index (κ1) is 15.6. The van der Waals surface area contributed by atoms with Crippen LogP contribution >= 0.6 is 23.2 Å². The highest BCUT2D eigenvalue weighted by Gasteiger charge is 2.17. The Labute approximate surface area is 131 Å². The number of hydrogen-bond acceptors (Lipinski definition) is 3. The summed E-state index contributed by atoms with van der Waals surface area (Å²) >= 11 is 11.6. The van der Waals surface area contributed by atoms with Crippen molar-refractivity contribution in [1.29, 1.82) is 0 Å². The predicted molar refractivity (Wildman–Crippen MR) is 80.7 cm³/mol. The molecule has 0 aliphatic carbocycles. The Morgan fingerprint density at radius 2 is 1.67 bits per heavy atom. The quantitative estimate of drug-likeness (QED) is 0.888. The molecule has 0 aliphatic heterocycles. The molecule has 8 heteroatoms. The minimum absolute atomic E-state index is 0.00785. The van der Waals surface area contributed by atoms with Crippen LogP contribution in [0.5, 0.6) is 0 Å². The lowest BCUT2D eigenvalue weighted by Gasteiger charge is -2.10. The van der Waals surface area contributed by atoms with Gasteiger partial charge >= 0.3 is 5.97 Å². The lowest BCUT2D eigenvalue weighted by molar-refractivity contribution is 0.0697. The Morgan fingerprint density at radius 3 is 2.24 bits per heavy atom. The van der Waals surface area contributed by atoms with Crippen LogP contribution in [-0.4, -0.2) is 19.5 Å². The number of hydrogen-bond donors (Lipinski definition) is 2. The zero-order valence-corrected chi connectivity index (χ0v) is 12.7. The van der Waals surface area contributed by atoms with E-state index in [9.17, 15) is 13.2 Å². The number of aromatic carboxylic acids is 1. The highest BCUT2D eigenvalue weighted by molar-refractivity contribution is 7.92. The van der Waals surface area contributed by atoms with Crippen LogP contribution in [0.1, 0.15) is 10.4 Å². The van der Waals surface area contributed by atoms with Crippen molar-refractivity contribution in [3.05, 3.63) is 58.1 Å². The molecular weight excluding hydrogens is 337 g/mol. The highest BCUT2D eigenvalue weighted by Crippen LogP contribution is 2.26. The fourth-order valence-electron chi connectivity index (χ4n) is 1.55. The molecule has 0 radical (unpaired) electrons. The van der Waals surface area contributed by atoms with Gasteiger partial charge in [-0.15, -0.1) is 0 Å². The lowest BCUT2D eigenvalue weighted by atomic mass is 10.2. The fraction of sp³-hybridized carbons (Fsp3) is 0. The number of sulfonamides is 1. The SMILES string of the molecule is O=C(O)c1ccc(Cl)c(NS(=O)(=O)c2ccc(Cl)cc2)c1. The number of halogens is 2. The molecule has 0 saturated heterocycles. The molecule has 2 aromatic carbocycles. The minimum atomic E-state index is -3.88. The zero-order valence-electron chi connectivity index (χ0n) is 10.4. The number of carboxylic acid groups (broad SMARTS) is 1. The van der Waals surface area contributed by atoms with Gasteiger partial charge in [0.2, 0.25) is 0 Å². The Morgan fingerprint density at radius 1 is 1.05 bits per heavy atom. The van der Waals surface area contributed by atoms with Crippen LogP contribution < -0.4 is 4.72 Å². The zero-order chi connectivity index (χ0) is 15.6. The number of carboxylic acids is 1. The summed E-state index contributed by atoms with van der Waals surface area (Å²) in [4.78, 5) is 10.9. The van der Waals surface area contributed by atoms with Gasteiger partial charge in [0.05, 0.1) is 21.2 Å². The molecule has 2 aromatic rings. The van der Waals surface area contributed by atoms with Gasteiger partial charge in [0, 0.05) is 5.02 Å². The van der Waals surface area contributed by atoms with Gasteiger partial charge in [-0.1, -0.05) is 23.2 Å². The summed E-state index contributed by atoms with van der Waals surface area (Å²) in [5, 5.41) is 9.41. The van der Waals surface area contributed by atoms with Gasteiger partial charge in [-0.25, -0.2) is 13.2 Å². The molecule has 0 bridgehead atoms. The van der Waals surface area contributed by atoms with Gasteiger partial charge in [0.1, 0.15) is 0 Å². The number of benzene rings is 2. The summed E-state index contributed by atoms with van der Waals surface area (Å²) in [6.45, 7) is 0. The molecule has 0 heterocycles. The van der Waals surface area contributed by atoms with E-state index in [1.807, 2.05) is 0 Å². The van der Waals surface area contributed by atoms with Gasteiger partial charge in [-0.05, 0) is 42.5 Å². The van der Waals surface area contributed by atoms with E-state index in [1.165, 1.54) is 36.4 Å². The topological polar surface area (TPSA) is 83.5 Å². The third kappa shape index (κ3) is 3.66. The van der Waals surface area contributed by atoms with Crippen molar-refractivity contribution in [3.63, 3.8) is 0 Å². The smallest absolute Gasteiger partial charge is 0.335 e. The number of anilines is 1. The molecule has 110 valence electrons. The average molecular weight is 346 g/mol. The molecule has 0 unspecified atom stereocenters. The first-order chi connectivity index (χ1) is 9.79. The summed E-state index contributed by atoms with van der Waals surface area (Å²) in [5.41, 5.74) is -0.0836. The number of carbonyl (C=O) groups is 1. The van der Waals surface area contributed by atoms with E-state index in [-0.39, 0.29) is 21.2 Å². The molecule has 0 atom stereocenters. The van der Waals surface area contributed by atoms with Crippen molar-refractivity contribution in [3.8, 4) is 0 Å². The van der Waals surface area contributed by atoms with Crippen LogP contribution in [0.4, 0.5) is 5.69 Å². The summed E-state index contributed by atoms with van der Waals surface area (Å²) in [6.07, 6.45) is 0. The molecule has 0 aliphatic rings. The lowest BCUT2D eigenvalue weighted by Crippen LogP contribution is -2.13. The van der Waals surface area contributed by atoms with Crippen LogP contribution in [0.25, 0.3) is 0 Å². The highest BCUT2D eigenvalue weighted by atomic mass is 35.5. The van der Waals surface area contributed by atoms with Crippen molar-refractivity contribution in [1.82, 2.24) is 0 Å². The Kier molecular flexibility index (Phi) is 4.41. The van der Waals surface area contributed by atoms with Gasteiger partial charge in [-0.3, -0.25) is 4.72 Å². The van der Waals surface area contributed by atoms with E-state index in [1.54, 1.807) is 0 Å². The van der Waals surface area contributed by atoms with Crippen molar-refractivity contribution in [2.45, 2.75) is 4.90 Å². The summed E-state index contributed by atoms with van der Waals surface area (Å²) in [7, 11) is -3.88. The molecule has 0 aromatic heterocycles. The van der Waals surface area contributed by atoms with Crippen molar-refractivity contribution in [2.75, 3.05) is 4.72 Å². The van der Waals surface area contributed by atoms with E-state index < -0.39 is 16.0 Å². The van der Waals surface area contributed by atoms with E-state index in [2.05, 4.69) is 4.72 Å². The van der Waals surface area contributed by atoms with E-state index in [0.717, 1.165) is 6.07 Å². The van der Waals surface area contributed by atoms with E-state index in [0.29, 0.717) is 5.02 Å². The third-order valence-corrected chi connectivity index (χ3v) is 4.54. The molecule has 0 amide bonds. The molecule has 21 heavy (non-hydrogen) atoms. The van der Waals surface area contributed by atoms with Gasteiger partial charge in [0.25, 0.3) is 10.0 Å². The fourth-order valence-corrected chi connectivity index (χ4v) is 2.97. The van der Waals surface area contributed by atoms with Gasteiger partial charge in [0.15, 0.2) is 0 Å². The second-order valence-electron chi connectivity index (χ2n) is 4.06. The summed E-state index contributed by atoms with van der Waals surface area (Å²) in [5.74, 6) is -1.18. The largest absolute Gasteiger partial charge is 0.478 e. The van der Waals surface area contributed by atoms with Crippen molar-refractivity contribution in [2.24, 2.45) is 0 Å². The van der Waals surface area contributed by atoms with Crippen molar-refractivity contribution >= 4 is 44.9 Å². The summed E-state index contributed by atoms with van der Waals surface area (Å²) < 4.78 is 26.6. The van der Waals surface area contributed by atoms with E-state index >= 15 is 0 Å². The van der Waals surface area contributed by atoms with E-state index in [4.69, 9.17) is 28.3 Å². The minimum Gasteiger partial charge on any atom is -0.478 e. The first-order valence-corrected chi connectivity index (χ1v) is 7.85. The second-order valence-corrected chi connectivity index (χ2v) is 6.59. The Bertz CT molecular complexity index is 788. The first-order valence-electron chi connectivity index (χ1n) is 5.61. The molecule has 2 N–H and O–H groups in total. The molecule has 5 nitrogen and oxygen atoms in total. The molecule has 0 fully saturated rings. The Hall–Kier alpha value is -1.76. The molecule has 0 saturated carbocycles. The average Bonchev–Trinajstić information content (AvgIpc) is 2.41. The monoisotopic (exact) mass is 345 g/mol. The third-order valence-electron chi connectivity index (χ3n) is 2.58. The summed E-state index contributed by atoms with van der Waals surface area (Å²) in [6, 6.07) is 9.28. The predicted octanol–water partition coefficient (Wildman–Crippen LogP) is 3.49. The van der Waals surface area contributed by atoms with Crippen molar-refractivity contribution < 1.29 is 18.3 Å². The molecule has 2 rings (SSSR count). The maximum Gasteiger partial charge on any atom is 0.335 e. The molecular formula is C13H9Cl2NO4S. The number of rotatable bonds is 4. The van der Waals surface area contributed by atoms with Gasteiger partial charge in [-0.2, -0.15) is 0 Å². The van der Waals surface area contributed by atoms with Crippen LogP contribution in [0.15, 0.2) is 47.4 Å². The molecule has 0 spiro atoms. The normalized spacial score (nSPS) is 11.1. The van der Waals surface area contributed by atoms with Crippen LogP contribution in [-0.2, 0) is 10.0 Å². The Balaban J connectivity index is 2.38. The maximum absolute atomic E-state index is 12.2. The second kappa shape index (κ2) is 5.93. The maximum atomic E-state index is 12.2. The number of nitrogens with one attached hydrogen (secondary N) is 1. The standard InChI is InChI=1S/C13H9Cl2NO4S/c14-9-2-4-10(5-3-9)21(19,20)16-12-7-8(13(17)18)1-6-11(12)15/h1-7,16H,(H,17,18). The van der Waals surface area contributed by atoms with Gasteiger partial charge < -0.3 is 5.11 Å².